The van der Waals surface area contributed by atoms with Crippen molar-refractivity contribution in [3.63, 3.8) is 0 Å². The van der Waals surface area contributed by atoms with Crippen LogP contribution >= 0.6 is 11.6 Å². The monoisotopic (exact) mass is 296 g/mol. The summed E-state index contributed by atoms with van der Waals surface area (Å²) in [6, 6.07) is 6.55. The molecule has 0 saturated heterocycles. The van der Waals surface area contributed by atoms with Crippen LogP contribution in [0.5, 0.6) is 0 Å². The molecular formula is C17H29ClN2. The molecule has 0 bridgehead atoms. The van der Waals surface area contributed by atoms with E-state index in [0.29, 0.717) is 17.9 Å². The Labute approximate surface area is 129 Å². The van der Waals surface area contributed by atoms with Gasteiger partial charge in [-0.3, -0.25) is 0 Å². The van der Waals surface area contributed by atoms with Crippen LogP contribution in [-0.4, -0.2) is 20.1 Å². The van der Waals surface area contributed by atoms with Gasteiger partial charge in [-0.1, -0.05) is 39.3 Å². The Morgan fingerprint density at radius 1 is 1.05 bits per heavy atom. The summed E-state index contributed by atoms with van der Waals surface area (Å²) in [5.41, 5.74) is 2.32. The zero-order valence-corrected chi connectivity index (χ0v) is 14.5. The number of nitrogens with one attached hydrogen (secondary N) is 1. The molecule has 0 unspecified atom stereocenters. The molecule has 0 spiro atoms. The number of benzene rings is 1. The maximum Gasteiger partial charge on any atom is 0.0597 e. The van der Waals surface area contributed by atoms with Crippen molar-refractivity contribution in [1.29, 1.82) is 0 Å². The number of hydrogen-bond acceptors (Lipinski definition) is 2. The van der Waals surface area contributed by atoms with Gasteiger partial charge in [0.05, 0.1) is 11.4 Å². The minimum absolute atomic E-state index is 0.493. The average molecular weight is 297 g/mol. The molecule has 0 aliphatic heterocycles. The molecule has 2 nitrogen and oxygen atoms in total. The van der Waals surface area contributed by atoms with Gasteiger partial charge < -0.3 is 10.2 Å². The lowest BCUT2D eigenvalue weighted by Gasteiger charge is -2.26. The van der Waals surface area contributed by atoms with Crippen LogP contribution in [0.15, 0.2) is 18.2 Å². The quantitative estimate of drug-likeness (QED) is 0.736. The second kappa shape index (κ2) is 7.78. The molecule has 0 aliphatic carbocycles. The number of hydrogen-bond donors (Lipinski definition) is 1. The van der Waals surface area contributed by atoms with Gasteiger partial charge in [-0.05, 0) is 42.9 Å². The van der Waals surface area contributed by atoms with Gasteiger partial charge in [0.25, 0.3) is 0 Å². The summed E-state index contributed by atoms with van der Waals surface area (Å²) in [5.74, 6) is 1.38. The van der Waals surface area contributed by atoms with Gasteiger partial charge in [-0.25, -0.2) is 0 Å². The van der Waals surface area contributed by atoms with Gasteiger partial charge in [-0.15, -0.1) is 0 Å². The first-order valence-electron chi connectivity index (χ1n) is 7.53. The van der Waals surface area contributed by atoms with E-state index in [1.165, 1.54) is 18.5 Å². The highest BCUT2D eigenvalue weighted by Gasteiger charge is 2.15. The van der Waals surface area contributed by atoms with Crippen molar-refractivity contribution < 1.29 is 0 Å². The van der Waals surface area contributed by atoms with Crippen LogP contribution in [0, 0.1) is 11.8 Å². The standard InChI is InChI=1S/C17H29ClN2/c1-12(2)9-15(10-13(3)4)19-16-11-14(18)7-8-17(16)20(5)6/h7-8,11-13,15,19H,9-10H2,1-6H3. The van der Waals surface area contributed by atoms with Gasteiger partial charge in [0.15, 0.2) is 0 Å². The highest BCUT2D eigenvalue weighted by atomic mass is 35.5. The van der Waals surface area contributed by atoms with Crippen LogP contribution in [-0.2, 0) is 0 Å². The van der Waals surface area contributed by atoms with Gasteiger partial charge in [0.1, 0.15) is 0 Å². The molecule has 1 N–H and O–H groups in total. The molecule has 3 heteroatoms. The Hall–Kier alpha value is -0.890. The lowest BCUT2D eigenvalue weighted by Crippen LogP contribution is -2.25. The second-order valence-corrected chi connectivity index (χ2v) is 7.09. The van der Waals surface area contributed by atoms with Crippen molar-refractivity contribution in [3.05, 3.63) is 23.2 Å². The third-order valence-corrected chi connectivity index (χ3v) is 3.55. The minimum Gasteiger partial charge on any atom is -0.381 e. The Balaban J connectivity index is 2.93. The van der Waals surface area contributed by atoms with E-state index in [9.17, 15) is 0 Å². The SMILES string of the molecule is CC(C)CC(CC(C)C)Nc1cc(Cl)ccc1N(C)C. The number of halogens is 1. The summed E-state index contributed by atoms with van der Waals surface area (Å²) in [7, 11) is 4.13. The first kappa shape index (κ1) is 17.2. The lowest BCUT2D eigenvalue weighted by atomic mass is 9.95. The molecule has 1 aromatic carbocycles. The first-order chi connectivity index (χ1) is 9.29. The van der Waals surface area contributed by atoms with Gasteiger partial charge in [0.2, 0.25) is 0 Å². The van der Waals surface area contributed by atoms with E-state index in [2.05, 4.69) is 58.1 Å². The van der Waals surface area contributed by atoms with E-state index in [0.717, 1.165) is 10.7 Å². The topological polar surface area (TPSA) is 15.3 Å². The number of rotatable bonds is 7. The third kappa shape index (κ3) is 5.62. The van der Waals surface area contributed by atoms with Crippen molar-refractivity contribution in [3.8, 4) is 0 Å². The van der Waals surface area contributed by atoms with Gasteiger partial charge in [0, 0.05) is 25.2 Å². The smallest absolute Gasteiger partial charge is 0.0597 e. The van der Waals surface area contributed by atoms with Crippen LogP contribution in [0.4, 0.5) is 11.4 Å². The maximum absolute atomic E-state index is 6.16. The largest absolute Gasteiger partial charge is 0.381 e. The molecule has 1 rings (SSSR count). The first-order valence-corrected chi connectivity index (χ1v) is 7.90. The van der Waals surface area contributed by atoms with E-state index in [-0.39, 0.29) is 0 Å². The molecule has 114 valence electrons. The zero-order valence-electron chi connectivity index (χ0n) is 13.7. The molecule has 0 atom stereocenters. The molecule has 0 fully saturated rings. The van der Waals surface area contributed by atoms with Crippen LogP contribution < -0.4 is 10.2 Å². The highest BCUT2D eigenvalue weighted by molar-refractivity contribution is 6.31. The fourth-order valence-electron chi connectivity index (χ4n) is 2.59. The normalized spacial score (nSPS) is 11.5. The summed E-state index contributed by atoms with van der Waals surface area (Å²) in [6.45, 7) is 9.11. The Morgan fingerprint density at radius 3 is 2.05 bits per heavy atom. The molecule has 0 radical (unpaired) electrons. The number of anilines is 2. The highest BCUT2D eigenvalue weighted by Crippen LogP contribution is 2.30. The Morgan fingerprint density at radius 2 is 1.60 bits per heavy atom. The fourth-order valence-corrected chi connectivity index (χ4v) is 2.76. The van der Waals surface area contributed by atoms with E-state index in [1.54, 1.807) is 0 Å². The summed E-state index contributed by atoms with van der Waals surface area (Å²) < 4.78 is 0. The Bertz CT molecular complexity index is 403. The molecule has 0 heterocycles. The van der Waals surface area contributed by atoms with E-state index < -0.39 is 0 Å². The molecule has 0 aromatic heterocycles. The molecule has 1 aromatic rings. The minimum atomic E-state index is 0.493. The summed E-state index contributed by atoms with van der Waals surface area (Å²) in [5, 5.41) is 4.49. The Kier molecular flexibility index (Phi) is 6.67. The zero-order chi connectivity index (χ0) is 15.3. The lowest BCUT2D eigenvalue weighted by molar-refractivity contribution is 0.442. The van der Waals surface area contributed by atoms with Crippen molar-refractivity contribution in [1.82, 2.24) is 0 Å². The fraction of sp³-hybridized carbons (Fsp3) is 0.647. The average Bonchev–Trinajstić information content (AvgIpc) is 2.26. The second-order valence-electron chi connectivity index (χ2n) is 6.66. The van der Waals surface area contributed by atoms with E-state index in [4.69, 9.17) is 11.6 Å². The van der Waals surface area contributed by atoms with Crippen LogP contribution in [0.1, 0.15) is 40.5 Å². The maximum atomic E-state index is 6.16. The number of nitrogens with zero attached hydrogens (tertiary/aromatic N) is 1. The summed E-state index contributed by atoms with van der Waals surface area (Å²) >= 11 is 6.16. The van der Waals surface area contributed by atoms with Gasteiger partial charge >= 0.3 is 0 Å². The molecule has 0 amide bonds. The van der Waals surface area contributed by atoms with Crippen molar-refractivity contribution in [2.24, 2.45) is 11.8 Å². The van der Waals surface area contributed by atoms with E-state index in [1.807, 2.05) is 12.1 Å². The van der Waals surface area contributed by atoms with Crippen molar-refractivity contribution >= 4 is 23.0 Å². The molecule has 20 heavy (non-hydrogen) atoms. The predicted molar refractivity (Wildman–Crippen MR) is 92.1 cm³/mol. The van der Waals surface area contributed by atoms with Crippen LogP contribution in [0.2, 0.25) is 5.02 Å². The van der Waals surface area contributed by atoms with Crippen molar-refractivity contribution in [2.45, 2.75) is 46.6 Å². The predicted octanol–water partition coefficient (Wildman–Crippen LogP) is 5.28. The summed E-state index contributed by atoms with van der Waals surface area (Å²) in [4.78, 5) is 2.13. The van der Waals surface area contributed by atoms with E-state index >= 15 is 0 Å². The van der Waals surface area contributed by atoms with Crippen LogP contribution in [0.25, 0.3) is 0 Å². The summed E-state index contributed by atoms with van der Waals surface area (Å²) in [6.07, 6.45) is 2.36. The van der Waals surface area contributed by atoms with Gasteiger partial charge in [-0.2, -0.15) is 0 Å². The molecule has 0 saturated carbocycles. The third-order valence-electron chi connectivity index (χ3n) is 3.31. The van der Waals surface area contributed by atoms with Crippen molar-refractivity contribution in [2.75, 3.05) is 24.3 Å². The van der Waals surface area contributed by atoms with Crippen LogP contribution in [0.3, 0.4) is 0 Å². The molecular weight excluding hydrogens is 268 g/mol. The molecule has 0 aliphatic rings.